The number of carbonyl (C=O) groups is 7. The molecule has 1 aliphatic carbocycles. The first-order valence-corrected chi connectivity index (χ1v) is 43.9. The fourth-order valence-electron chi connectivity index (χ4n) is 10.4. The molecule has 718 valence electrons. The number of amides is 7. The van der Waals surface area contributed by atoms with Crippen LogP contribution in [0, 0.1) is 47.3 Å². The lowest BCUT2D eigenvalue weighted by Gasteiger charge is -2.39. The minimum absolute atomic E-state index is 0.00455. The Morgan fingerprint density at radius 1 is 0.317 bits per heavy atom. The summed E-state index contributed by atoms with van der Waals surface area (Å²) >= 11 is 0. The van der Waals surface area contributed by atoms with E-state index in [0.29, 0.717) is 107 Å². The molecule has 0 aliphatic heterocycles. The van der Waals surface area contributed by atoms with Gasteiger partial charge in [-0.15, -0.1) is 0 Å². The van der Waals surface area contributed by atoms with Gasteiger partial charge in [0.2, 0.25) is 41.4 Å². The molecular formula is C90H189F3N14O13. The molecule has 30 heteroatoms. The highest BCUT2D eigenvalue weighted by atomic mass is 19.3. The van der Waals surface area contributed by atoms with Gasteiger partial charge in [-0.1, -0.05) is 111 Å². The Balaban J connectivity index is -0.000000316. The molecule has 0 aromatic rings. The van der Waals surface area contributed by atoms with E-state index < -0.39 is 24.2 Å². The number of halogens is 3. The second kappa shape index (κ2) is 65.2. The van der Waals surface area contributed by atoms with Gasteiger partial charge in [0.15, 0.2) is 6.30 Å². The van der Waals surface area contributed by atoms with Crippen molar-refractivity contribution in [2.75, 3.05) is 198 Å². The van der Waals surface area contributed by atoms with Crippen LogP contribution in [0.5, 0.6) is 0 Å². The molecule has 0 spiro atoms. The maximum absolute atomic E-state index is 13.6. The number of hydrogen-bond acceptors (Lipinski definition) is 20. The zero-order valence-electron chi connectivity index (χ0n) is 85.5. The van der Waals surface area contributed by atoms with E-state index in [1.807, 2.05) is 128 Å². The standard InChI is InChI=1S/C14H28N2O2.C14H30N2O2.C13H28N2O2.C13H28N2O.C12H24F2N2O2.C12H25FN2O2.C12H26N2O2/c1-11(2)14(7-8-14)16(6)9-13(17)15(5)10-18-12(3)4;1-11(2)14(5,6)16(8)9-13(17)15(7)10-18-12(3)4;1-10(2)12(5)14(6)8-13(16)15(7)9-17-11(3)4;1-10(2)8-15(7)13(16)9-14(6)12(5)11(3)4;1-9(2)12(13,14)16(6)7-11(17)15(5)8-18-10(3)4;1-9(2)12(13)14(5)7-11(16)15(6)8-17-10(3)4;1-10(2)7-13(5)8-12(15)14(6)9-16-11(3)4/h11-12H,7-10H2,1-6H3;11-12H,9-10H2,1-8H3;10-12H,8-9H2,1-7H3;10-12H,8-9H2,1-7H3;9-10H,7-8H2,1-6H3;9-10,12H,7-8H2,1-6H3;10-11H,7-9H2,1-6H3. The summed E-state index contributed by atoms with van der Waals surface area (Å²) in [5.74, 6) is 2.47. The summed E-state index contributed by atoms with van der Waals surface area (Å²) in [6.45, 7) is 70.0. The molecule has 0 aromatic carbocycles. The molecule has 120 heavy (non-hydrogen) atoms. The number of ether oxygens (including phenoxy) is 6. The van der Waals surface area contributed by atoms with Gasteiger partial charge in [-0.25, -0.2) is 9.29 Å². The Bertz CT molecular complexity index is 2530. The zero-order chi connectivity index (χ0) is 95.7. The van der Waals surface area contributed by atoms with E-state index in [4.69, 9.17) is 28.4 Å². The van der Waals surface area contributed by atoms with E-state index in [-0.39, 0.29) is 116 Å². The van der Waals surface area contributed by atoms with E-state index in [9.17, 15) is 46.7 Å². The Morgan fingerprint density at radius 3 is 0.800 bits per heavy atom. The van der Waals surface area contributed by atoms with Crippen LogP contribution in [0.25, 0.3) is 0 Å². The number of alkyl halides is 3. The Kier molecular flexibility index (Phi) is 68.6. The molecule has 0 aromatic heterocycles. The number of nitrogens with zero attached hydrogens (tertiary/aromatic N) is 14. The first-order valence-electron chi connectivity index (χ1n) is 43.9. The average molecular weight is 1730 g/mol. The van der Waals surface area contributed by atoms with Crippen molar-refractivity contribution in [2.24, 2.45) is 47.3 Å². The third-order valence-electron chi connectivity index (χ3n) is 21.1. The average Bonchev–Trinajstić information content (AvgIpc) is 1.62. The van der Waals surface area contributed by atoms with Gasteiger partial charge in [-0.3, -0.25) is 63.0 Å². The van der Waals surface area contributed by atoms with E-state index in [1.165, 1.54) is 55.5 Å². The molecule has 1 fully saturated rings. The highest BCUT2D eigenvalue weighted by Crippen LogP contribution is 2.47. The summed E-state index contributed by atoms with van der Waals surface area (Å²) in [6.07, 6.45) is 2.00. The van der Waals surface area contributed by atoms with Crippen molar-refractivity contribution in [3.05, 3.63) is 0 Å². The second-order valence-electron chi connectivity index (χ2n) is 38.1. The number of rotatable bonds is 48. The molecule has 0 bridgehead atoms. The Labute approximate surface area is 733 Å². The largest absolute Gasteiger partial charge is 0.358 e. The summed E-state index contributed by atoms with van der Waals surface area (Å²) < 4.78 is 73.0. The van der Waals surface area contributed by atoms with Crippen LogP contribution in [0.4, 0.5) is 13.2 Å². The molecule has 1 rings (SSSR count). The molecule has 0 radical (unpaired) electrons. The number of carbonyl (C=O) groups excluding carboxylic acids is 7. The van der Waals surface area contributed by atoms with Crippen LogP contribution < -0.4 is 0 Å². The van der Waals surface area contributed by atoms with Crippen LogP contribution in [0.15, 0.2) is 0 Å². The molecule has 0 N–H and O–H groups in total. The SMILES string of the molecule is CC(C)CN(C)C(=O)CN(C)C(C)C(C)C.CC(C)CN(C)CC(=O)N(C)COC(C)C.CC(C)OCN(C)C(=O)CN(C)C(C)(C)C(C)C.CC(C)OCN(C)C(=O)CN(C)C(C)C(C)C.CC(C)OCN(C)C(=O)CN(C)C(F)(F)C(C)C.CC(C)OCN(C)C(=O)CN(C)C(F)C(C)C.CC(C)OCN(C)C(=O)CN(C)C1(C(C)C)CC1. The maximum Gasteiger partial charge on any atom is 0.307 e. The molecule has 1 aliphatic rings. The Morgan fingerprint density at radius 2 is 0.567 bits per heavy atom. The first kappa shape index (κ1) is 126. The van der Waals surface area contributed by atoms with Crippen molar-refractivity contribution in [1.29, 1.82) is 0 Å². The van der Waals surface area contributed by atoms with Crippen LogP contribution in [0.1, 0.15) is 234 Å². The predicted molar refractivity (Wildman–Crippen MR) is 488 cm³/mol. The smallest absolute Gasteiger partial charge is 0.307 e. The minimum Gasteiger partial charge on any atom is -0.358 e. The van der Waals surface area contributed by atoms with Gasteiger partial charge in [-0.2, -0.15) is 8.78 Å². The lowest BCUT2D eigenvalue weighted by atomic mass is 9.89. The van der Waals surface area contributed by atoms with Crippen LogP contribution in [0.2, 0.25) is 0 Å². The van der Waals surface area contributed by atoms with Gasteiger partial charge in [0.1, 0.15) is 40.4 Å². The zero-order valence-corrected chi connectivity index (χ0v) is 85.5. The number of likely N-dealkylation sites (N-methyl/N-ethyl adjacent to an activating group) is 14. The van der Waals surface area contributed by atoms with Gasteiger partial charge in [0.05, 0.1) is 82.4 Å². The van der Waals surface area contributed by atoms with Crippen LogP contribution in [0.3, 0.4) is 0 Å². The van der Waals surface area contributed by atoms with Crippen molar-refractivity contribution < 1.29 is 75.2 Å². The summed E-state index contributed by atoms with van der Waals surface area (Å²) in [4.78, 5) is 107. The normalized spacial score (nSPS) is 13.6. The monoisotopic (exact) mass is 1730 g/mol. The molecule has 27 nitrogen and oxygen atoms in total. The van der Waals surface area contributed by atoms with Gasteiger partial charge in [-0.05, 0) is 214 Å². The van der Waals surface area contributed by atoms with E-state index in [1.54, 1.807) is 75.7 Å². The summed E-state index contributed by atoms with van der Waals surface area (Å²) in [5, 5.41) is 0. The van der Waals surface area contributed by atoms with Crippen LogP contribution >= 0.6 is 0 Å². The fraction of sp³-hybridized carbons (Fsp3) is 0.922. The van der Waals surface area contributed by atoms with E-state index in [2.05, 4.69) is 137 Å². The molecule has 0 saturated heterocycles. The molecule has 1 saturated carbocycles. The van der Waals surface area contributed by atoms with Crippen molar-refractivity contribution in [2.45, 2.75) is 307 Å². The summed E-state index contributed by atoms with van der Waals surface area (Å²) in [6, 6.07) is -2.15. The van der Waals surface area contributed by atoms with Crippen LogP contribution in [-0.2, 0) is 62.0 Å². The van der Waals surface area contributed by atoms with Gasteiger partial charge >= 0.3 is 6.05 Å². The van der Waals surface area contributed by atoms with Crippen molar-refractivity contribution in [3.8, 4) is 0 Å². The second-order valence-corrected chi connectivity index (χ2v) is 38.1. The fourth-order valence-corrected chi connectivity index (χ4v) is 10.4. The van der Waals surface area contributed by atoms with Crippen molar-refractivity contribution in [1.82, 2.24) is 68.6 Å². The first-order chi connectivity index (χ1) is 54.5. The topological polar surface area (TPSA) is 220 Å². The lowest BCUT2D eigenvalue weighted by Crippen LogP contribution is -2.50. The molecule has 3 atom stereocenters. The highest BCUT2D eigenvalue weighted by molar-refractivity contribution is 5.80. The van der Waals surface area contributed by atoms with E-state index in [0.717, 1.165) is 18.0 Å². The molecular weight excluding hydrogens is 1540 g/mol. The molecule has 7 amide bonds. The van der Waals surface area contributed by atoms with Crippen LogP contribution in [-0.4, -0.2) is 380 Å². The molecule has 0 heterocycles. The quantitative estimate of drug-likeness (QED) is 0.0408. The lowest BCUT2D eigenvalue weighted by molar-refractivity contribution is -0.176. The third-order valence-corrected chi connectivity index (χ3v) is 21.1. The predicted octanol–water partition coefficient (Wildman–Crippen LogP) is 13.2. The molecule has 3 unspecified atom stereocenters. The van der Waals surface area contributed by atoms with Crippen molar-refractivity contribution in [3.63, 3.8) is 0 Å². The summed E-state index contributed by atoms with van der Waals surface area (Å²) in [5.41, 5.74) is 0.269. The third kappa shape index (κ3) is 60.2. The Hall–Kier alpha value is -4.44. The maximum atomic E-state index is 13.6. The highest BCUT2D eigenvalue weighted by Gasteiger charge is 2.49. The van der Waals surface area contributed by atoms with Crippen molar-refractivity contribution >= 4 is 41.4 Å². The van der Waals surface area contributed by atoms with Gasteiger partial charge < -0.3 is 62.7 Å². The van der Waals surface area contributed by atoms with E-state index >= 15 is 0 Å². The van der Waals surface area contributed by atoms with Gasteiger partial charge in [0.25, 0.3) is 0 Å². The number of hydrogen-bond donors (Lipinski definition) is 0. The summed E-state index contributed by atoms with van der Waals surface area (Å²) in [7, 11) is 25.1. The minimum atomic E-state index is -2.99. The van der Waals surface area contributed by atoms with Gasteiger partial charge in [0, 0.05) is 91.5 Å².